The summed E-state index contributed by atoms with van der Waals surface area (Å²) >= 11 is 1.25. The van der Waals surface area contributed by atoms with Gasteiger partial charge in [-0.2, -0.15) is 0 Å². The molecule has 7 nitrogen and oxygen atoms in total. The average Bonchev–Trinajstić information content (AvgIpc) is 2.91. The summed E-state index contributed by atoms with van der Waals surface area (Å²) in [6.07, 6.45) is 0. The number of benzene rings is 1. The summed E-state index contributed by atoms with van der Waals surface area (Å²) in [5.41, 5.74) is 0.751. The first-order valence-electron chi connectivity index (χ1n) is 7.26. The lowest BCUT2D eigenvalue weighted by Crippen LogP contribution is -2.29. The second kappa shape index (κ2) is 7.87. The number of rotatable bonds is 7. The largest absolute Gasteiger partial charge is 0.496 e. The maximum atomic E-state index is 11.8. The molecule has 0 spiro atoms. The molecule has 0 saturated heterocycles. The number of thioether (sulfide) groups is 1. The van der Waals surface area contributed by atoms with Gasteiger partial charge in [0, 0.05) is 6.54 Å². The van der Waals surface area contributed by atoms with Crippen molar-refractivity contribution in [1.82, 2.24) is 20.2 Å². The molecule has 1 amide bonds. The smallest absolute Gasteiger partial charge is 0.230 e. The van der Waals surface area contributed by atoms with Crippen molar-refractivity contribution in [1.29, 1.82) is 0 Å². The number of hydrogen-bond donors (Lipinski definition) is 2. The molecule has 124 valence electrons. The van der Waals surface area contributed by atoms with E-state index in [1.54, 1.807) is 7.11 Å². The van der Waals surface area contributed by atoms with Crippen LogP contribution in [0.25, 0.3) is 11.4 Å². The zero-order valence-corrected chi connectivity index (χ0v) is 14.3. The summed E-state index contributed by atoms with van der Waals surface area (Å²) < 4.78 is 6.68. The van der Waals surface area contributed by atoms with Crippen molar-refractivity contribution in [2.45, 2.75) is 19.0 Å². The summed E-state index contributed by atoms with van der Waals surface area (Å²) in [6, 6.07) is 7.43. The van der Waals surface area contributed by atoms with Gasteiger partial charge in [0.25, 0.3) is 0 Å². The molecule has 0 bridgehead atoms. The van der Waals surface area contributed by atoms with Crippen LogP contribution in [0.5, 0.6) is 5.75 Å². The van der Waals surface area contributed by atoms with Crippen molar-refractivity contribution in [3.63, 3.8) is 0 Å². The van der Waals surface area contributed by atoms with Gasteiger partial charge in [0.15, 0.2) is 5.82 Å². The first-order chi connectivity index (χ1) is 11.0. The zero-order valence-electron chi connectivity index (χ0n) is 13.4. The van der Waals surface area contributed by atoms with E-state index in [-0.39, 0.29) is 11.7 Å². The third-order valence-electron chi connectivity index (χ3n) is 3.05. The van der Waals surface area contributed by atoms with Gasteiger partial charge in [0.2, 0.25) is 11.1 Å². The lowest BCUT2D eigenvalue weighted by atomic mass is 10.2. The number of carbonyl (C=O) groups excluding carboxylic acids is 1. The van der Waals surface area contributed by atoms with E-state index in [1.165, 1.54) is 16.4 Å². The molecule has 0 aliphatic rings. The SMILES string of the molecule is COc1ccccc1-c1nnc(SCC(=O)NCC(C)C)n1N. The Morgan fingerprint density at radius 1 is 1.39 bits per heavy atom. The fourth-order valence-electron chi connectivity index (χ4n) is 1.89. The summed E-state index contributed by atoms with van der Waals surface area (Å²) in [4.78, 5) is 11.8. The molecule has 1 heterocycles. The second-order valence-corrected chi connectivity index (χ2v) is 6.31. The minimum atomic E-state index is -0.0504. The number of nitrogens with one attached hydrogen (secondary N) is 1. The van der Waals surface area contributed by atoms with Crippen LogP contribution in [0, 0.1) is 5.92 Å². The minimum absolute atomic E-state index is 0.0504. The topological polar surface area (TPSA) is 95.1 Å². The van der Waals surface area contributed by atoms with Gasteiger partial charge < -0.3 is 15.9 Å². The molecular formula is C15H21N5O2S. The number of para-hydroxylation sites is 1. The number of carbonyl (C=O) groups is 1. The van der Waals surface area contributed by atoms with Gasteiger partial charge in [-0.3, -0.25) is 4.79 Å². The van der Waals surface area contributed by atoms with Gasteiger partial charge in [0.1, 0.15) is 5.75 Å². The highest BCUT2D eigenvalue weighted by atomic mass is 32.2. The van der Waals surface area contributed by atoms with E-state index in [1.807, 2.05) is 38.1 Å². The van der Waals surface area contributed by atoms with Crippen molar-refractivity contribution < 1.29 is 9.53 Å². The number of nitrogens with two attached hydrogens (primary N) is 1. The molecule has 2 aromatic rings. The van der Waals surface area contributed by atoms with Crippen LogP contribution < -0.4 is 15.9 Å². The van der Waals surface area contributed by atoms with Gasteiger partial charge in [-0.15, -0.1) is 10.2 Å². The van der Waals surface area contributed by atoms with E-state index >= 15 is 0 Å². The lowest BCUT2D eigenvalue weighted by Gasteiger charge is -2.08. The molecule has 3 N–H and O–H groups in total. The number of methoxy groups -OCH3 is 1. The molecule has 0 radical (unpaired) electrons. The van der Waals surface area contributed by atoms with Crippen LogP contribution in [0.3, 0.4) is 0 Å². The van der Waals surface area contributed by atoms with Crippen LogP contribution >= 0.6 is 11.8 Å². The summed E-state index contributed by atoms with van der Waals surface area (Å²) in [7, 11) is 1.59. The summed E-state index contributed by atoms with van der Waals surface area (Å²) in [5, 5.41) is 11.5. The highest BCUT2D eigenvalue weighted by molar-refractivity contribution is 7.99. The van der Waals surface area contributed by atoms with Gasteiger partial charge in [-0.1, -0.05) is 37.7 Å². The molecule has 0 unspecified atom stereocenters. The molecule has 1 aromatic carbocycles. The van der Waals surface area contributed by atoms with Crippen molar-refractivity contribution in [3.05, 3.63) is 24.3 Å². The van der Waals surface area contributed by atoms with Crippen LogP contribution in [0.4, 0.5) is 0 Å². The van der Waals surface area contributed by atoms with Gasteiger partial charge >= 0.3 is 0 Å². The molecule has 0 atom stereocenters. The Balaban J connectivity index is 2.06. The maximum Gasteiger partial charge on any atom is 0.230 e. The van der Waals surface area contributed by atoms with Crippen LogP contribution in [0.15, 0.2) is 29.4 Å². The summed E-state index contributed by atoms with van der Waals surface area (Å²) in [6.45, 7) is 4.74. The van der Waals surface area contributed by atoms with Crippen molar-refractivity contribution in [3.8, 4) is 17.1 Å². The van der Waals surface area contributed by atoms with Crippen LogP contribution in [-0.2, 0) is 4.79 Å². The summed E-state index contributed by atoms with van der Waals surface area (Å²) in [5.74, 6) is 7.82. The third kappa shape index (κ3) is 4.38. The van der Waals surface area contributed by atoms with E-state index < -0.39 is 0 Å². The monoisotopic (exact) mass is 335 g/mol. The van der Waals surface area contributed by atoms with Gasteiger partial charge in [0.05, 0.1) is 18.4 Å². The molecule has 0 aliphatic carbocycles. The molecule has 0 fully saturated rings. The van der Waals surface area contributed by atoms with Crippen molar-refractivity contribution >= 4 is 17.7 Å². The molecule has 8 heteroatoms. The minimum Gasteiger partial charge on any atom is -0.496 e. The van der Waals surface area contributed by atoms with Crippen LogP contribution in [0.1, 0.15) is 13.8 Å². The van der Waals surface area contributed by atoms with E-state index in [0.717, 1.165) is 5.56 Å². The first-order valence-corrected chi connectivity index (χ1v) is 8.24. The fourth-order valence-corrected chi connectivity index (χ4v) is 2.57. The predicted octanol–water partition coefficient (Wildman–Crippen LogP) is 1.53. The van der Waals surface area contributed by atoms with Crippen molar-refractivity contribution in [2.24, 2.45) is 5.92 Å². The Bertz CT molecular complexity index is 672. The quantitative estimate of drug-likeness (QED) is 0.588. The zero-order chi connectivity index (χ0) is 16.8. The highest BCUT2D eigenvalue weighted by Gasteiger charge is 2.16. The fraction of sp³-hybridized carbons (Fsp3) is 0.400. The molecule has 23 heavy (non-hydrogen) atoms. The van der Waals surface area contributed by atoms with Gasteiger partial charge in [-0.25, -0.2) is 4.68 Å². The highest BCUT2D eigenvalue weighted by Crippen LogP contribution is 2.29. The third-order valence-corrected chi connectivity index (χ3v) is 4.00. The number of amides is 1. The first kappa shape index (κ1) is 17.1. The van der Waals surface area contributed by atoms with E-state index in [0.29, 0.717) is 29.2 Å². The number of nitrogen functional groups attached to an aromatic ring is 1. The molecule has 0 saturated carbocycles. The molecule has 0 aliphatic heterocycles. The predicted molar refractivity (Wildman–Crippen MR) is 90.7 cm³/mol. The number of aromatic nitrogens is 3. The molecule has 2 rings (SSSR count). The number of hydrogen-bond acceptors (Lipinski definition) is 6. The standard InChI is InChI=1S/C15H21N5O2S/c1-10(2)8-17-13(21)9-23-15-19-18-14(20(15)16)11-6-4-5-7-12(11)22-3/h4-7,10H,8-9,16H2,1-3H3,(H,17,21). The van der Waals surface area contributed by atoms with Crippen molar-refractivity contribution in [2.75, 3.05) is 25.3 Å². The van der Waals surface area contributed by atoms with E-state index in [2.05, 4.69) is 15.5 Å². The van der Waals surface area contributed by atoms with Gasteiger partial charge in [-0.05, 0) is 18.1 Å². The Morgan fingerprint density at radius 3 is 2.83 bits per heavy atom. The Hall–Kier alpha value is -2.22. The van der Waals surface area contributed by atoms with E-state index in [9.17, 15) is 4.79 Å². The number of ether oxygens (including phenoxy) is 1. The normalized spacial score (nSPS) is 10.8. The Labute approximate surface area is 139 Å². The number of nitrogens with zero attached hydrogens (tertiary/aromatic N) is 3. The Kier molecular flexibility index (Phi) is 5.86. The van der Waals surface area contributed by atoms with Crippen LogP contribution in [-0.4, -0.2) is 40.2 Å². The molecular weight excluding hydrogens is 314 g/mol. The average molecular weight is 335 g/mol. The Morgan fingerprint density at radius 2 is 2.13 bits per heavy atom. The second-order valence-electron chi connectivity index (χ2n) is 5.36. The maximum absolute atomic E-state index is 11.8. The van der Waals surface area contributed by atoms with E-state index in [4.69, 9.17) is 10.6 Å². The molecule has 1 aromatic heterocycles. The lowest BCUT2D eigenvalue weighted by molar-refractivity contribution is -0.118. The van der Waals surface area contributed by atoms with Crippen LogP contribution in [0.2, 0.25) is 0 Å².